The van der Waals surface area contributed by atoms with Gasteiger partial charge in [0.1, 0.15) is 25.5 Å². The Morgan fingerprint density at radius 1 is 0.731 bits per heavy atom. The minimum atomic E-state index is -0.375. The summed E-state index contributed by atoms with van der Waals surface area (Å²) in [6.45, 7) is 0. The van der Waals surface area contributed by atoms with Crippen LogP contribution in [0.1, 0.15) is 21.0 Å². The average molecular weight is 349 g/mol. The topological polar surface area (TPSA) is 78.9 Å². The monoisotopic (exact) mass is 349 g/mol. The molecule has 0 aromatic carbocycles. The van der Waals surface area contributed by atoms with E-state index in [2.05, 4.69) is 15.6 Å². The lowest BCUT2D eigenvalue weighted by Crippen LogP contribution is -2.26. The summed E-state index contributed by atoms with van der Waals surface area (Å²) in [6.07, 6.45) is 7.30. The van der Waals surface area contributed by atoms with Gasteiger partial charge in [0.15, 0.2) is 24.8 Å². The van der Waals surface area contributed by atoms with Crippen molar-refractivity contribution in [3.05, 3.63) is 78.6 Å². The second-order valence-electron chi connectivity index (χ2n) is 5.82. The van der Waals surface area contributed by atoms with Crippen molar-refractivity contribution in [3.63, 3.8) is 0 Å². The minimum Gasteiger partial charge on any atom is -0.320 e. The number of carbonyl (C=O) groups is 2. The van der Waals surface area contributed by atoms with E-state index in [-0.39, 0.29) is 23.2 Å². The lowest BCUT2D eigenvalue weighted by molar-refractivity contribution is -0.671. The van der Waals surface area contributed by atoms with Gasteiger partial charge in [-0.1, -0.05) is 6.07 Å². The van der Waals surface area contributed by atoms with Gasteiger partial charge in [-0.15, -0.1) is 0 Å². The van der Waals surface area contributed by atoms with Gasteiger partial charge in [-0.3, -0.25) is 9.59 Å². The van der Waals surface area contributed by atoms with Gasteiger partial charge < -0.3 is 10.6 Å². The molecule has 0 saturated carbocycles. The molecule has 130 valence electrons. The highest BCUT2D eigenvalue weighted by Crippen LogP contribution is 2.09. The van der Waals surface area contributed by atoms with E-state index >= 15 is 0 Å². The van der Waals surface area contributed by atoms with Crippen LogP contribution in [-0.4, -0.2) is 16.8 Å². The smallest absolute Gasteiger partial charge is 0.274 e. The molecule has 0 fully saturated rings. The molecule has 0 bridgehead atoms. The van der Waals surface area contributed by atoms with E-state index in [0.717, 1.165) is 0 Å². The van der Waals surface area contributed by atoms with Crippen molar-refractivity contribution in [2.45, 2.75) is 0 Å². The summed E-state index contributed by atoms with van der Waals surface area (Å²) in [6, 6.07) is 11.9. The van der Waals surface area contributed by atoms with Gasteiger partial charge in [-0.05, 0) is 12.1 Å². The maximum absolute atomic E-state index is 12.4. The number of hydrogen-bond acceptors (Lipinski definition) is 3. The van der Waals surface area contributed by atoms with Crippen LogP contribution in [0.4, 0.5) is 11.4 Å². The van der Waals surface area contributed by atoms with Gasteiger partial charge in [-0.2, -0.15) is 0 Å². The molecule has 3 aromatic rings. The Bertz CT molecular complexity index is 862. The van der Waals surface area contributed by atoms with Crippen molar-refractivity contribution in [3.8, 4) is 0 Å². The molecule has 3 heterocycles. The fourth-order valence-electron chi connectivity index (χ4n) is 2.25. The number of rotatable bonds is 4. The summed E-state index contributed by atoms with van der Waals surface area (Å²) >= 11 is 0. The van der Waals surface area contributed by atoms with Gasteiger partial charge in [0, 0.05) is 24.3 Å². The van der Waals surface area contributed by atoms with Crippen LogP contribution in [0.15, 0.2) is 67.3 Å². The summed E-state index contributed by atoms with van der Waals surface area (Å²) in [5, 5.41) is 5.52. The van der Waals surface area contributed by atoms with E-state index in [1.165, 1.54) is 0 Å². The first-order valence-corrected chi connectivity index (χ1v) is 8.01. The Kier molecular flexibility index (Phi) is 4.98. The number of aryl methyl sites for hydroxylation is 2. The maximum Gasteiger partial charge on any atom is 0.274 e. The lowest BCUT2D eigenvalue weighted by atomic mass is 10.2. The van der Waals surface area contributed by atoms with E-state index < -0.39 is 0 Å². The third kappa shape index (κ3) is 4.27. The lowest BCUT2D eigenvalue weighted by Gasteiger charge is -2.06. The Morgan fingerprint density at radius 2 is 1.12 bits per heavy atom. The van der Waals surface area contributed by atoms with Crippen molar-refractivity contribution >= 4 is 23.2 Å². The van der Waals surface area contributed by atoms with Crippen molar-refractivity contribution < 1.29 is 18.7 Å². The molecule has 7 nitrogen and oxygen atoms in total. The van der Waals surface area contributed by atoms with E-state index in [4.69, 9.17) is 0 Å². The first-order valence-electron chi connectivity index (χ1n) is 8.01. The normalized spacial score (nSPS) is 10.2. The number of pyridine rings is 3. The quantitative estimate of drug-likeness (QED) is 0.696. The molecular weight excluding hydrogens is 330 g/mol. The standard InChI is InChI=1S/C19H17N5O2/c1-23-10-6-14(7-11-23)20-18(25)16-4-3-5-17(22-16)19(26)21-15-8-12-24(2)13-9-15/h3-13H,1-2H3/p+2. The first kappa shape index (κ1) is 17.2. The second kappa shape index (κ2) is 7.52. The molecule has 2 amide bonds. The van der Waals surface area contributed by atoms with Crippen LogP contribution in [0.5, 0.6) is 0 Å². The molecule has 0 saturated heterocycles. The van der Waals surface area contributed by atoms with E-state index in [1.807, 2.05) is 48.0 Å². The molecule has 0 atom stereocenters. The van der Waals surface area contributed by atoms with Crippen molar-refractivity contribution in [2.24, 2.45) is 14.1 Å². The number of aromatic nitrogens is 3. The Morgan fingerprint density at radius 3 is 1.50 bits per heavy atom. The predicted molar refractivity (Wildman–Crippen MR) is 95.4 cm³/mol. The molecule has 3 rings (SSSR count). The van der Waals surface area contributed by atoms with Crippen molar-refractivity contribution in [1.29, 1.82) is 0 Å². The van der Waals surface area contributed by atoms with Crippen LogP contribution in [-0.2, 0) is 14.1 Å². The Hall–Kier alpha value is -3.61. The number of nitrogens with zero attached hydrogens (tertiary/aromatic N) is 3. The van der Waals surface area contributed by atoms with Gasteiger partial charge in [-0.25, -0.2) is 14.1 Å². The zero-order chi connectivity index (χ0) is 18.5. The Labute approximate surface area is 151 Å². The largest absolute Gasteiger partial charge is 0.320 e. The highest BCUT2D eigenvalue weighted by molar-refractivity contribution is 6.06. The first-order chi connectivity index (χ1) is 12.5. The van der Waals surface area contributed by atoms with Gasteiger partial charge in [0.2, 0.25) is 0 Å². The van der Waals surface area contributed by atoms with Crippen LogP contribution in [0.3, 0.4) is 0 Å². The molecular formula is C19H19N5O2+2. The highest BCUT2D eigenvalue weighted by Gasteiger charge is 2.13. The molecule has 2 N–H and O–H groups in total. The molecule has 0 radical (unpaired) electrons. The van der Waals surface area contributed by atoms with Crippen LogP contribution >= 0.6 is 0 Å². The molecule has 0 aliphatic carbocycles. The third-order valence-electron chi connectivity index (χ3n) is 3.69. The molecule has 0 aliphatic rings. The summed E-state index contributed by atoms with van der Waals surface area (Å²) in [7, 11) is 3.78. The van der Waals surface area contributed by atoms with E-state index in [1.54, 1.807) is 42.5 Å². The number of anilines is 2. The number of hydrogen-bond donors (Lipinski definition) is 2. The zero-order valence-corrected chi connectivity index (χ0v) is 14.5. The fraction of sp³-hybridized carbons (Fsp3) is 0.105. The van der Waals surface area contributed by atoms with Crippen LogP contribution in [0, 0.1) is 0 Å². The van der Waals surface area contributed by atoms with Crippen LogP contribution < -0.4 is 19.8 Å². The van der Waals surface area contributed by atoms with Gasteiger partial charge >= 0.3 is 0 Å². The zero-order valence-electron chi connectivity index (χ0n) is 14.5. The summed E-state index contributed by atoms with van der Waals surface area (Å²) < 4.78 is 3.73. The van der Waals surface area contributed by atoms with Crippen molar-refractivity contribution in [1.82, 2.24) is 4.98 Å². The van der Waals surface area contributed by atoms with E-state index in [0.29, 0.717) is 11.4 Å². The highest BCUT2D eigenvalue weighted by atomic mass is 16.2. The molecule has 0 unspecified atom stereocenters. The number of amides is 2. The van der Waals surface area contributed by atoms with Gasteiger partial charge in [0.05, 0.1) is 11.4 Å². The third-order valence-corrected chi connectivity index (χ3v) is 3.69. The fourth-order valence-corrected chi connectivity index (χ4v) is 2.25. The molecule has 3 aromatic heterocycles. The van der Waals surface area contributed by atoms with E-state index in [9.17, 15) is 9.59 Å². The van der Waals surface area contributed by atoms with Crippen LogP contribution in [0.2, 0.25) is 0 Å². The summed E-state index contributed by atoms with van der Waals surface area (Å²) in [4.78, 5) is 28.9. The van der Waals surface area contributed by atoms with Gasteiger partial charge in [0.25, 0.3) is 11.8 Å². The second-order valence-corrected chi connectivity index (χ2v) is 5.82. The average Bonchev–Trinajstić information content (AvgIpc) is 2.65. The summed E-state index contributed by atoms with van der Waals surface area (Å²) in [5.74, 6) is -0.750. The van der Waals surface area contributed by atoms with Crippen LogP contribution in [0.25, 0.3) is 0 Å². The molecule has 0 aliphatic heterocycles. The molecule has 7 heteroatoms. The van der Waals surface area contributed by atoms with Crippen molar-refractivity contribution in [2.75, 3.05) is 10.6 Å². The number of carbonyl (C=O) groups excluding carboxylic acids is 2. The maximum atomic E-state index is 12.4. The molecule has 0 spiro atoms. The molecule has 26 heavy (non-hydrogen) atoms. The Balaban J connectivity index is 1.72. The summed E-state index contributed by atoms with van der Waals surface area (Å²) in [5.41, 5.74) is 1.65. The SMILES string of the molecule is C[n+]1ccc(NC(=O)c2cccc(C(=O)Nc3cc[n+](C)cc3)n2)cc1. The number of nitrogens with one attached hydrogen (secondary N) is 2. The minimum absolute atomic E-state index is 0.172. The predicted octanol–water partition coefficient (Wildman–Crippen LogP) is 1.24.